The molecule has 0 aliphatic carbocycles. The zero-order chi connectivity index (χ0) is 17.5. The smallest absolute Gasteiger partial charge is 0.0732 e. The average Bonchev–Trinajstić information content (AvgIpc) is 2.63. The normalized spacial score (nSPS) is 11.4. The van der Waals surface area contributed by atoms with E-state index in [9.17, 15) is 0 Å². The first-order valence-electron chi connectivity index (χ1n) is 9.86. The Morgan fingerprint density at radius 1 is 0.760 bits per heavy atom. The Labute approximate surface area is 151 Å². The number of hydrogen-bond donors (Lipinski definition) is 1. The molecule has 25 heavy (non-hydrogen) atoms. The van der Waals surface area contributed by atoms with E-state index >= 15 is 0 Å². The fraction of sp³-hybridized carbons (Fsp3) is 0.435. The van der Waals surface area contributed by atoms with Crippen molar-refractivity contribution in [2.75, 3.05) is 5.73 Å². The molecular weight excluding hydrogens is 304 g/mol. The highest BCUT2D eigenvalue weighted by atomic mass is 14.7. The number of nitrogen functional groups attached to an aromatic ring is 1. The highest BCUT2D eigenvalue weighted by Crippen LogP contribution is 2.28. The zero-order valence-electron chi connectivity index (χ0n) is 15.4. The Balaban J connectivity index is 1.70. The Morgan fingerprint density at radius 2 is 1.44 bits per heavy atom. The van der Waals surface area contributed by atoms with Gasteiger partial charge in [0.25, 0.3) is 0 Å². The number of fused-ring (bicyclic) bond motifs is 2. The quantitative estimate of drug-likeness (QED) is 0.270. The van der Waals surface area contributed by atoms with Crippen molar-refractivity contribution in [3.05, 3.63) is 48.0 Å². The third-order valence-corrected chi connectivity index (χ3v) is 5.10. The molecule has 0 radical (unpaired) electrons. The van der Waals surface area contributed by atoms with Crippen molar-refractivity contribution >= 4 is 27.5 Å². The monoisotopic (exact) mass is 334 g/mol. The molecule has 0 saturated carbocycles. The van der Waals surface area contributed by atoms with Crippen LogP contribution < -0.4 is 5.73 Å². The van der Waals surface area contributed by atoms with Crippen LogP contribution >= 0.6 is 0 Å². The predicted molar refractivity (Wildman–Crippen MR) is 110 cm³/mol. The number of unbranched alkanes of at least 4 members (excludes halogenated alkanes) is 7. The molecule has 0 bridgehead atoms. The number of para-hydroxylation sites is 1. The van der Waals surface area contributed by atoms with E-state index in [0.717, 1.165) is 23.1 Å². The first-order valence-corrected chi connectivity index (χ1v) is 9.86. The lowest BCUT2D eigenvalue weighted by Crippen LogP contribution is -1.95. The van der Waals surface area contributed by atoms with E-state index in [4.69, 9.17) is 10.7 Å². The van der Waals surface area contributed by atoms with Gasteiger partial charge in [-0.2, -0.15) is 0 Å². The number of hydrogen-bond acceptors (Lipinski definition) is 2. The number of pyridine rings is 1. The molecule has 3 aromatic rings. The largest absolute Gasteiger partial charge is 0.399 e. The van der Waals surface area contributed by atoms with E-state index in [1.165, 1.54) is 67.7 Å². The van der Waals surface area contributed by atoms with Crippen molar-refractivity contribution in [3.63, 3.8) is 0 Å². The van der Waals surface area contributed by atoms with E-state index in [2.05, 4.69) is 37.3 Å². The van der Waals surface area contributed by atoms with Gasteiger partial charge in [-0.05, 0) is 36.6 Å². The minimum atomic E-state index is 0.785. The van der Waals surface area contributed by atoms with Crippen molar-refractivity contribution < 1.29 is 0 Å². The number of anilines is 1. The second kappa shape index (κ2) is 8.84. The van der Waals surface area contributed by atoms with Crippen molar-refractivity contribution in [1.29, 1.82) is 0 Å². The molecule has 0 spiro atoms. The summed E-state index contributed by atoms with van der Waals surface area (Å²) in [5, 5.41) is 2.55. The Morgan fingerprint density at radius 3 is 2.24 bits per heavy atom. The minimum Gasteiger partial charge on any atom is -0.399 e. The molecule has 0 amide bonds. The van der Waals surface area contributed by atoms with Gasteiger partial charge in [0.2, 0.25) is 0 Å². The molecule has 2 N–H and O–H groups in total. The molecular formula is C23H30N2. The van der Waals surface area contributed by atoms with Crippen LogP contribution in [0.25, 0.3) is 21.8 Å². The number of benzene rings is 2. The molecule has 2 heteroatoms. The van der Waals surface area contributed by atoms with Crippen LogP contribution in [0.2, 0.25) is 0 Å². The van der Waals surface area contributed by atoms with Gasteiger partial charge in [0.15, 0.2) is 0 Å². The van der Waals surface area contributed by atoms with Crippen molar-refractivity contribution in [2.45, 2.75) is 64.7 Å². The SMILES string of the molecule is CCCCCCCCCCc1c2ccccc2nc2cc(N)ccc12. The highest BCUT2D eigenvalue weighted by Gasteiger charge is 2.09. The fourth-order valence-electron chi connectivity index (χ4n) is 3.70. The van der Waals surface area contributed by atoms with Gasteiger partial charge in [0.1, 0.15) is 0 Å². The summed E-state index contributed by atoms with van der Waals surface area (Å²) in [4.78, 5) is 4.81. The summed E-state index contributed by atoms with van der Waals surface area (Å²) in [6.07, 6.45) is 11.9. The fourth-order valence-corrected chi connectivity index (χ4v) is 3.70. The second-order valence-corrected chi connectivity index (χ2v) is 7.11. The van der Waals surface area contributed by atoms with Crippen LogP contribution in [0.4, 0.5) is 5.69 Å². The molecule has 0 fully saturated rings. The maximum Gasteiger partial charge on any atom is 0.0732 e. The zero-order valence-corrected chi connectivity index (χ0v) is 15.4. The third-order valence-electron chi connectivity index (χ3n) is 5.10. The highest BCUT2D eigenvalue weighted by molar-refractivity contribution is 5.98. The first kappa shape index (κ1) is 17.7. The lowest BCUT2D eigenvalue weighted by Gasteiger charge is -2.11. The molecule has 2 aromatic carbocycles. The second-order valence-electron chi connectivity index (χ2n) is 7.11. The van der Waals surface area contributed by atoms with Crippen LogP contribution in [-0.2, 0) is 6.42 Å². The number of nitrogens with two attached hydrogens (primary N) is 1. The molecule has 1 heterocycles. The topological polar surface area (TPSA) is 38.9 Å². The van der Waals surface area contributed by atoms with E-state index < -0.39 is 0 Å². The number of nitrogens with zero attached hydrogens (tertiary/aromatic N) is 1. The summed E-state index contributed by atoms with van der Waals surface area (Å²) in [6, 6.07) is 14.6. The first-order chi connectivity index (χ1) is 12.3. The van der Waals surface area contributed by atoms with Crippen LogP contribution in [0.15, 0.2) is 42.5 Å². The molecule has 0 aliphatic rings. The van der Waals surface area contributed by atoms with E-state index in [-0.39, 0.29) is 0 Å². The van der Waals surface area contributed by atoms with Gasteiger partial charge in [-0.1, -0.05) is 76.1 Å². The molecule has 0 aliphatic heterocycles. The maximum absolute atomic E-state index is 5.97. The summed E-state index contributed by atoms with van der Waals surface area (Å²) < 4.78 is 0. The number of rotatable bonds is 9. The summed E-state index contributed by atoms with van der Waals surface area (Å²) in [7, 11) is 0. The maximum atomic E-state index is 5.97. The van der Waals surface area contributed by atoms with Crippen LogP contribution in [-0.4, -0.2) is 4.98 Å². The van der Waals surface area contributed by atoms with Gasteiger partial charge < -0.3 is 5.73 Å². The summed E-state index contributed by atoms with van der Waals surface area (Å²) in [5.74, 6) is 0. The predicted octanol–water partition coefficient (Wildman–Crippen LogP) is 6.65. The van der Waals surface area contributed by atoms with Gasteiger partial charge in [0, 0.05) is 16.5 Å². The number of aryl methyl sites for hydroxylation is 1. The van der Waals surface area contributed by atoms with Gasteiger partial charge in [-0.25, -0.2) is 4.98 Å². The van der Waals surface area contributed by atoms with Crippen molar-refractivity contribution in [3.8, 4) is 0 Å². The van der Waals surface area contributed by atoms with Crippen LogP contribution in [0.5, 0.6) is 0 Å². The molecule has 1 aromatic heterocycles. The number of aromatic nitrogens is 1. The van der Waals surface area contributed by atoms with Gasteiger partial charge in [-0.3, -0.25) is 0 Å². The van der Waals surface area contributed by atoms with Crippen LogP contribution in [0.3, 0.4) is 0 Å². The lowest BCUT2D eigenvalue weighted by atomic mass is 9.97. The summed E-state index contributed by atoms with van der Waals surface area (Å²) >= 11 is 0. The molecule has 0 saturated heterocycles. The van der Waals surface area contributed by atoms with Crippen molar-refractivity contribution in [2.24, 2.45) is 0 Å². The summed E-state index contributed by atoms with van der Waals surface area (Å²) in [6.45, 7) is 2.27. The van der Waals surface area contributed by atoms with E-state index in [0.29, 0.717) is 0 Å². The Hall–Kier alpha value is -2.09. The lowest BCUT2D eigenvalue weighted by molar-refractivity contribution is 0.576. The van der Waals surface area contributed by atoms with Gasteiger partial charge >= 0.3 is 0 Å². The van der Waals surface area contributed by atoms with Crippen molar-refractivity contribution in [1.82, 2.24) is 4.98 Å². The summed E-state index contributed by atoms with van der Waals surface area (Å²) in [5.41, 5.74) is 10.3. The average molecular weight is 335 g/mol. The molecule has 132 valence electrons. The Kier molecular flexibility index (Phi) is 6.27. The third kappa shape index (κ3) is 4.50. The molecule has 0 unspecified atom stereocenters. The molecule has 0 atom stereocenters. The van der Waals surface area contributed by atoms with E-state index in [1.54, 1.807) is 0 Å². The standard InChI is InChI=1S/C23H30N2/c1-2-3-4-5-6-7-8-9-12-19-20-13-10-11-14-22(20)25-23-17-18(24)15-16-21(19)23/h10-11,13-17H,2-9,12,24H2,1H3. The molecule has 2 nitrogen and oxygen atoms in total. The van der Waals surface area contributed by atoms with E-state index in [1.807, 2.05) is 12.1 Å². The van der Waals surface area contributed by atoms with Gasteiger partial charge in [-0.15, -0.1) is 0 Å². The minimum absolute atomic E-state index is 0.785. The van der Waals surface area contributed by atoms with Crippen LogP contribution in [0, 0.1) is 0 Å². The molecule has 3 rings (SSSR count). The van der Waals surface area contributed by atoms with Gasteiger partial charge in [0.05, 0.1) is 11.0 Å². The van der Waals surface area contributed by atoms with Crippen LogP contribution in [0.1, 0.15) is 63.9 Å². The Bertz CT molecular complexity index is 823.